The summed E-state index contributed by atoms with van der Waals surface area (Å²) in [6, 6.07) is 2.80. The van der Waals surface area contributed by atoms with Crippen molar-refractivity contribution in [3.8, 4) is 6.07 Å². The van der Waals surface area contributed by atoms with Crippen LogP contribution in [0.15, 0.2) is 0 Å². The smallest absolute Gasteiger partial charge is 0.158 e. The number of piperidine rings is 1. The molecule has 0 aromatic heterocycles. The molecular weight excluding hydrogens is 228 g/mol. The maximum absolute atomic E-state index is 8.62. The Kier molecular flexibility index (Phi) is 4.99. The van der Waals surface area contributed by atoms with Crippen molar-refractivity contribution in [3.63, 3.8) is 0 Å². The summed E-state index contributed by atoms with van der Waals surface area (Å²) in [6.45, 7) is 7.49. The van der Waals surface area contributed by atoms with Crippen LogP contribution < -0.4 is 0 Å². The first kappa shape index (κ1) is 13.8. The van der Waals surface area contributed by atoms with Crippen molar-refractivity contribution >= 4 is 0 Å². The van der Waals surface area contributed by atoms with E-state index < -0.39 is 0 Å². The minimum absolute atomic E-state index is 0.00393. The van der Waals surface area contributed by atoms with Gasteiger partial charge in [0.1, 0.15) is 0 Å². The second-order valence-corrected chi connectivity index (χ2v) is 5.69. The van der Waals surface area contributed by atoms with Crippen molar-refractivity contribution < 1.29 is 9.47 Å². The van der Waals surface area contributed by atoms with Crippen LogP contribution in [0, 0.1) is 17.2 Å². The van der Waals surface area contributed by atoms with Crippen molar-refractivity contribution in [2.45, 2.75) is 58.0 Å². The maximum atomic E-state index is 8.62. The van der Waals surface area contributed by atoms with Crippen LogP contribution in [0.5, 0.6) is 0 Å². The Morgan fingerprint density at radius 3 is 2.67 bits per heavy atom. The molecule has 0 saturated carbocycles. The van der Waals surface area contributed by atoms with Crippen LogP contribution >= 0.6 is 0 Å². The van der Waals surface area contributed by atoms with Gasteiger partial charge < -0.3 is 14.4 Å². The van der Waals surface area contributed by atoms with Gasteiger partial charge in [0, 0.05) is 12.5 Å². The molecule has 2 aliphatic rings. The molecule has 2 unspecified atom stereocenters. The summed E-state index contributed by atoms with van der Waals surface area (Å²) in [5, 5.41) is 8.62. The van der Waals surface area contributed by atoms with Crippen molar-refractivity contribution in [2.24, 2.45) is 5.92 Å². The number of ether oxygens (including phenoxy) is 2. The molecule has 0 bridgehead atoms. The number of rotatable bonds is 4. The van der Waals surface area contributed by atoms with Crippen molar-refractivity contribution in [1.82, 2.24) is 4.90 Å². The number of likely N-dealkylation sites (tertiary alicyclic amines) is 1. The van der Waals surface area contributed by atoms with Crippen LogP contribution in [0.25, 0.3) is 0 Å². The summed E-state index contributed by atoms with van der Waals surface area (Å²) >= 11 is 0. The molecule has 0 radical (unpaired) electrons. The summed E-state index contributed by atoms with van der Waals surface area (Å²) in [5.74, 6) is 0.714. The average molecular weight is 252 g/mol. The van der Waals surface area contributed by atoms with E-state index >= 15 is 0 Å². The maximum Gasteiger partial charge on any atom is 0.158 e. The molecule has 4 nitrogen and oxygen atoms in total. The first-order valence-corrected chi connectivity index (χ1v) is 7.07. The SMILES string of the molecule is CC(C)N1CCC(CC2OCC(CC#N)O2)CC1. The highest BCUT2D eigenvalue weighted by molar-refractivity contribution is 4.81. The van der Waals surface area contributed by atoms with Gasteiger partial charge in [-0.1, -0.05) is 0 Å². The van der Waals surface area contributed by atoms with Gasteiger partial charge in [-0.15, -0.1) is 0 Å². The second-order valence-electron chi connectivity index (χ2n) is 5.69. The first-order valence-electron chi connectivity index (χ1n) is 7.07. The van der Waals surface area contributed by atoms with Gasteiger partial charge in [-0.25, -0.2) is 0 Å². The molecule has 0 aromatic rings. The lowest BCUT2D eigenvalue weighted by Gasteiger charge is -2.35. The molecule has 0 spiro atoms. The minimum atomic E-state index is -0.0704. The first-order chi connectivity index (χ1) is 8.69. The molecule has 0 N–H and O–H groups in total. The molecule has 18 heavy (non-hydrogen) atoms. The second kappa shape index (κ2) is 6.51. The Balaban J connectivity index is 1.68. The molecule has 102 valence electrons. The van der Waals surface area contributed by atoms with E-state index in [1.54, 1.807) is 0 Å². The van der Waals surface area contributed by atoms with E-state index in [1.807, 2.05) is 0 Å². The number of hydrogen-bond acceptors (Lipinski definition) is 4. The van der Waals surface area contributed by atoms with Crippen molar-refractivity contribution in [2.75, 3.05) is 19.7 Å². The summed E-state index contributed by atoms with van der Waals surface area (Å²) in [5.41, 5.74) is 0. The molecule has 2 aliphatic heterocycles. The lowest BCUT2D eigenvalue weighted by molar-refractivity contribution is -0.0752. The molecule has 0 aromatic carbocycles. The summed E-state index contributed by atoms with van der Waals surface area (Å²) in [7, 11) is 0. The zero-order valence-corrected chi connectivity index (χ0v) is 11.5. The molecule has 2 rings (SSSR count). The highest BCUT2D eigenvalue weighted by Crippen LogP contribution is 2.27. The summed E-state index contributed by atoms with van der Waals surface area (Å²) < 4.78 is 11.3. The van der Waals surface area contributed by atoms with Gasteiger partial charge in [0.15, 0.2) is 6.29 Å². The third kappa shape index (κ3) is 3.68. The Hall–Kier alpha value is -0.630. The van der Waals surface area contributed by atoms with Crippen LogP contribution in [0.4, 0.5) is 0 Å². The van der Waals surface area contributed by atoms with E-state index in [-0.39, 0.29) is 12.4 Å². The number of hydrogen-bond donors (Lipinski definition) is 0. The normalized spacial score (nSPS) is 30.8. The predicted octanol–water partition coefficient (Wildman–Crippen LogP) is 2.15. The molecule has 0 aliphatic carbocycles. The van der Waals surface area contributed by atoms with E-state index in [0.717, 1.165) is 6.42 Å². The molecule has 4 heteroatoms. The third-order valence-electron chi connectivity index (χ3n) is 4.04. The lowest BCUT2D eigenvalue weighted by atomic mass is 9.92. The molecule has 2 saturated heterocycles. The van der Waals surface area contributed by atoms with E-state index in [0.29, 0.717) is 25.0 Å². The zero-order valence-electron chi connectivity index (χ0n) is 11.5. The standard InChI is InChI=1S/C14H24N2O2/c1-11(2)16-7-4-12(5-8-16)9-14-17-10-13(18-14)3-6-15/h11-14H,3-5,7-10H2,1-2H3. The predicted molar refractivity (Wildman–Crippen MR) is 68.9 cm³/mol. The van der Waals surface area contributed by atoms with E-state index in [1.165, 1.54) is 25.9 Å². The van der Waals surface area contributed by atoms with Gasteiger partial charge in [0.2, 0.25) is 0 Å². The molecule has 2 heterocycles. The Labute approximate surface area is 110 Å². The van der Waals surface area contributed by atoms with E-state index in [9.17, 15) is 0 Å². The summed E-state index contributed by atoms with van der Waals surface area (Å²) in [4.78, 5) is 2.53. The van der Waals surface area contributed by atoms with Gasteiger partial charge in [0.05, 0.1) is 25.2 Å². The van der Waals surface area contributed by atoms with Crippen LogP contribution in [-0.4, -0.2) is 43.0 Å². The fourth-order valence-electron chi connectivity index (χ4n) is 2.82. The van der Waals surface area contributed by atoms with Crippen LogP contribution in [0.3, 0.4) is 0 Å². The molecule has 2 fully saturated rings. The van der Waals surface area contributed by atoms with Crippen molar-refractivity contribution in [1.29, 1.82) is 5.26 Å². The van der Waals surface area contributed by atoms with Crippen LogP contribution in [0.1, 0.15) is 39.5 Å². The Bertz CT molecular complexity index is 293. The van der Waals surface area contributed by atoms with Gasteiger partial charge in [0.25, 0.3) is 0 Å². The third-order valence-corrected chi connectivity index (χ3v) is 4.04. The fourth-order valence-corrected chi connectivity index (χ4v) is 2.82. The van der Waals surface area contributed by atoms with Gasteiger partial charge in [-0.3, -0.25) is 0 Å². The zero-order chi connectivity index (χ0) is 13.0. The topological polar surface area (TPSA) is 45.5 Å². The Morgan fingerprint density at radius 2 is 2.06 bits per heavy atom. The highest BCUT2D eigenvalue weighted by atomic mass is 16.7. The molecule has 2 atom stereocenters. The quantitative estimate of drug-likeness (QED) is 0.769. The van der Waals surface area contributed by atoms with Gasteiger partial charge >= 0.3 is 0 Å². The van der Waals surface area contributed by atoms with Gasteiger partial charge in [-0.05, 0) is 45.7 Å². The Morgan fingerprint density at radius 1 is 1.33 bits per heavy atom. The lowest BCUT2D eigenvalue weighted by Crippen LogP contribution is -2.39. The van der Waals surface area contributed by atoms with Crippen LogP contribution in [-0.2, 0) is 9.47 Å². The van der Waals surface area contributed by atoms with Crippen molar-refractivity contribution in [3.05, 3.63) is 0 Å². The average Bonchev–Trinajstić information content (AvgIpc) is 2.78. The number of nitrogens with zero attached hydrogens (tertiary/aromatic N) is 2. The molecular formula is C14H24N2O2. The fraction of sp³-hybridized carbons (Fsp3) is 0.929. The molecule has 0 amide bonds. The monoisotopic (exact) mass is 252 g/mol. The summed E-state index contributed by atoms with van der Waals surface area (Å²) in [6.07, 6.45) is 3.85. The largest absolute Gasteiger partial charge is 0.350 e. The van der Waals surface area contributed by atoms with Gasteiger partial charge in [-0.2, -0.15) is 5.26 Å². The van der Waals surface area contributed by atoms with E-state index in [4.69, 9.17) is 14.7 Å². The highest BCUT2D eigenvalue weighted by Gasteiger charge is 2.30. The number of nitriles is 1. The van der Waals surface area contributed by atoms with E-state index in [2.05, 4.69) is 24.8 Å². The minimum Gasteiger partial charge on any atom is -0.350 e. The van der Waals surface area contributed by atoms with Crippen LogP contribution in [0.2, 0.25) is 0 Å².